The van der Waals surface area contributed by atoms with Crippen molar-refractivity contribution in [3.63, 3.8) is 0 Å². The van der Waals surface area contributed by atoms with Crippen LogP contribution in [0, 0.1) is 11.6 Å². The molecule has 1 unspecified atom stereocenters. The third-order valence-electron chi connectivity index (χ3n) is 5.75. The SMILES string of the molecule is O=C1CCc2cc(F)cc(C(=O)Nc3cccc4c3C(c3cc(F)ccc3Cl)NC4=O)c2N1. The molecule has 1 atom stereocenters. The van der Waals surface area contributed by atoms with E-state index in [1.807, 2.05) is 0 Å². The lowest BCUT2D eigenvalue weighted by Gasteiger charge is -2.21. The van der Waals surface area contributed by atoms with Crippen molar-refractivity contribution in [2.24, 2.45) is 0 Å². The number of hydrogen-bond donors (Lipinski definition) is 3. The van der Waals surface area contributed by atoms with Crippen LogP contribution in [0.1, 0.15) is 49.9 Å². The lowest BCUT2D eigenvalue weighted by atomic mass is 9.95. The summed E-state index contributed by atoms with van der Waals surface area (Å²) in [4.78, 5) is 37.6. The maximum atomic E-state index is 14.2. The highest BCUT2D eigenvalue weighted by atomic mass is 35.5. The molecule has 3 aromatic rings. The Morgan fingerprint density at radius 1 is 1.03 bits per heavy atom. The largest absolute Gasteiger partial charge is 0.341 e. The summed E-state index contributed by atoms with van der Waals surface area (Å²) in [5, 5.41) is 8.37. The van der Waals surface area contributed by atoms with Crippen molar-refractivity contribution in [3.8, 4) is 0 Å². The highest BCUT2D eigenvalue weighted by molar-refractivity contribution is 6.31. The van der Waals surface area contributed by atoms with E-state index < -0.39 is 29.5 Å². The molecule has 0 fully saturated rings. The fourth-order valence-electron chi connectivity index (χ4n) is 4.26. The van der Waals surface area contributed by atoms with Crippen LogP contribution in [0.25, 0.3) is 0 Å². The Balaban J connectivity index is 1.56. The molecule has 2 aliphatic heterocycles. The number of anilines is 2. The number of hydrogen-bond acceptors (Lipinski definition) is 3. The average Bonchev–Trinajstić information content (AvgIpc) is 3.12. The van der Waals surface area contributed by atoms with E-state index in [2.05, 4.69) is 16.0 Å². The minimum absolute atomic E-state index is 0.0340. The summed E-state index contributed by atoms with van der Waals surface area (Å²) in [7, 11) is 0. The highest BCUT2D eigenvalue weighted by Gasteiger charge is 2.34. The van der Waals surface area contributed by atoms with Gasteiger partial charge in [-0.3, -0.25) is 14.4 Å². The molecule has 5 rings (SSSR count). The van der Waals surface area contributed by atoms with E-state index in [0.717, 1.165) is 6.07 Å². The van der Waals surface area contributed by atoms with Crippen molar-refractivity contribution in [1.29, 1.82) is 0 Å². The van der Waals surface area contributed by atoms with Crippen LogP contribution in [0.2, 0.25) is 5.02 Å². The Morgan fingerprint density at radius 2 is 1.85 bits per heavy atom. The van der Waals surface area contributed by atoms with Gasteiger partial charge in [0.15, 0.2) is 0 Å². The predicted octanol–water partition coefficient (Wildman–Crippen LogP) is 4.59. The van der Waals surface area contributed by atoms with Crippen molar-refractivity contribution < 1.29 is 23.2 Å². The van der Waals surface area contributed by atoms with Gasteiger partial charge in [-0.25, -0.2) is 8.78 Å². The Kier molecular flexibility index (Phi) is 5.09. The van der Waals surface area contributed by atoms with Gasteiger partial charge < -0.3 is 16.0 Å². The minimum atomic E-state index is -0.798. The van der Waals surface area contributed by atoms with Gasteiger partial charge in [0.25, 0.3) is 11.8 Å². The van der Waals surface area contributed by atoms with Gasteiger partial charge in [-0.2, -0.15) is 0 Å². The van der Waals surface area contributed by atoms with Crippen LogP contribution in [0.4, 0.5) is 20.2 Å². The highest BCUT2D eigenvalue weighted by Crippen LogP contribution is 2.39. The number of fused-ring (bicyclic) bond motifs is 2. The number of benzene rings is 3. The second-order valence-electron chi connectivity index (χ2n) is 7.83. The van der Waals surface area contributed by atoms with E-state index >= 15 is 0 Å². The monoisotopic (exact) mass is 467 g/mol. The number of halogens is 3. The van der Waals surface area contributed by atoms with Crippen LogP contribution in [-0.2, 0) is 11.2 Å². The van der Waals surface area contributed by atoms with Crippen molar-refractivity contribution in [2.75, 3.05) is 10.6 Å². The molecule has 6 nitrogen and oxygen atoms in total. The van der Waals surface area contributed by atoms with Crippen LogP contribution in [0.5, 0.6) is 0 Å². The zero-order valence-electron chi connectivity index (χ0n) is 17.0. The Morgan fingerprint density at radius 3 is 2.67 bits per heavy atom. The van der Waals surface area contributed by atoms with Gasteiger partial charge in [0.05, 0.1) is 17.3 Å². The van der Waals surface area contributed by atoms with E-state index in [1.54, 1.807) is 18.2 Å². The molecule has 0 radical (unpaired) electrons. The summed E-state index contributed by atoms with van der Waals surface area (Å²) < 4.78 is 28.1. The van der Waals surface area contributed by atoms with Gasteiger partial charge in [-0.1, -0.05) is 17.7 Å². The molecule has 0 aromatic heterocycles. The lowest BCUT2D eigenvalue weighted by molar-refractivity contribution is -0.116. The Hall–Kier alpha value is -3.78. The molecule has 3 amide bonds. The van der Waals surface area contributed by atoms with Gasteiger partial charge in [0.2, 0.25) is 5.91 Å². The molecule has 0 aliphatic carbocycles. The minimum Gasteiger partial charge on any atom is -0.341 e. The molecule has 166 valence electrons. The van der Waals surface area contributed by atoms with E-state index in [0.29, 0.717) is 28.7 Å². The van der Waals surface area contributed by atoms with Crippen LogP contribution >= 0.6 is 11.6 Å². The number of carbonyl (C=O) groups is 3. The predicted molar refractivity (Wildman–Crippen MR) is 118 cm³/mol. The van der Waals surface area contributed by atoms with Crippen LogP contribution in [0.15, 0.2) is 48.5 Å². The number of aryl methyl sites for hydroxylation is 1. The van der Waals surface area contributed by atoms with Crippen molar-refractivity contribution >= 4 is 40.7 Å². The third-order valence-corrected chi connectivity index (χ3v) is 6.09. The summed E-state index contributed by atoms with van der Waals surface area (Å²) >= 11 is 6.27. The van der Waals surface area contributed by atoms with Crippen LogP contribution in [0.3, 0.4) is 0 Å². The number of amides is 3. The third kappa shape index (κ3) is 3.72. The molecule has 0 saturated heterocycles. The first kappa shape index (κ1) is 21.1. The Labute approximate surface area is 191 Å². The molecule has 33 heavy (non-hydrogen) atoms. The second-order valence-corrected chi connectivity index (χ2v) is 8.24. The normalized spacial score (nSPS) is 16.5. The summed E-state index contributed by atoms with van der Waals surface area (Å²) in [5.74, 6) is -2.46. The molecular formula is C24H16ClF2N3O3. The molecular weight excluding hydrogens is 452 g/mol. The molecule has 0 spiro atoms. The molecule has 0 bridgehead atoms. The first-order valence-electron chi connectivity index (χ1n) is 10.1. The van der Waals surface area contributed by atoms with Crippen LogP contribution < -0.4 is 16.0 Å². The van der Waals surface area contributed by atoms with Gasteiger partial charge in [-0.15, -0.1) is 0 Å². The van der Waals surface area contributed by atoms with E-state index in [1.165, 1.54) is 24.3 Å². The quantitative estimate of drug-likeness (QED) is 0.526. The summed E-state index contributed by atoms with van der Waals surface area (Å²) in [6, 6.07) is 10.1. The van der Waals surface area contributed by atoms with Crippen molar-refractivity contribution in [2.45, 2.75) is 18.9 Å². The van der Waals surface area contributed by atoms with Gasteiger partial charge in [-0.05, 0) is 54.4 Å². The maximum absolute atomic E-state index is 14.2. The standard InChI is InChI=1S/C24H16ClF2N3O3/c25-17-6-5-12(26)9-15(17)22-20-14(23(32)30-22)2-1-3-18(20)28-24(33)16-10-13(27)8-11-4-7-19(31)29-21(11)16/h1-3,5-6,8-10,22H,4,7H2,(H,28,33)(H,29,31)(H,30,32). The zero-order valence-corrected chi connectivity index (χ0v) is 17.7. The van der Waals surface area contributed by atoms with Gasteiger partial charge in [0.1, 0.15) is 11.6 Å². The summed E-state index contributed by atoms with van der Waals surface area (Å²) in [6.45, 7) is 0. The first-order valence-corrected chi connectivity index (χ1v) is 10.5. The molecule has 3 aromatic carbocycles. The molecule has 3 N–H and O–H groups in total. The number of nitrogens with one attached hydrogen (secondary N) is 3. The maximum Gasteiger partial charge on any atom is 0.257 e. The number of carbonyl (C=O) groups excluding carboxylic acids is 3. The van der Waals surface area contributed by atoms with Crippen molar-refractivity contribution in [3.05, 3.63) is 93.0 Å². The molecule has 9 heteroatoms. The average molecular weight is 468 g/mol. The smallest absolute Gasteiger partial charge is 0.257 e. The van der Waals surface area contributed by atoms with Crippen LogP contribution in [-0.4, -0.2) is 17.7 Å². The fraction of sp³-hybridized carbons (Fsp3) is 0.125. The fourth-order valence-corrected chi connectivity index (χ4v) is 4.49. The summed E-state index contributed by atoms with van der Waals surface area (Å²) in [5.41, 5.74) is 2.08. The van der Waals surface area contributed by atoms with Gasteiger partial charge in [0, 0.05) is 33.8 Å². The first-order chi connectivity index (χ1) is 15.8. The molecule has 2 aliphatic rings. The summed E-state index contributed by atoms with van der Waals surface area (Å²) in [6.07, 6.45) is 0.520. The Bertz CT molecular complexity index is 1360. The zero-order chi connectivity index (χ0) is 23.3. The van der Waals surface area contributed by atoms with E-state index in [-0.39, 0.29) is 34.3 Å². The molecule has 2 heterocycles. The van der Waals surface area contributed by atoms with E-state index in [9.17, 15) is 23.2 Å². The number of rotatable bonds is 3. The van der Waals surface area contributed by atoms with Gasteiger partial charge >= 0.3 is 0 Å². The topological polar surface area (TPSA) is 87.3 Å². The second kappa shape index (κ2) is 7.97. The van der Waals surface area contributed by atoms with Crippen molar-refractivity contribution in [1.82, 2.24) is 5.32 Å². The van der Waals surface area contributed by atoms with E-state index in [4.69, 9.17) is 11.6 Å². The lowest BCUT2D eigenvalue weighted by Crippen LogP contribution is -2.24. The molecule has 0 saturated carbocycles.